The highest BCUT2D eigenvalue weighted by Gasteiger charge is 2.23. The lowest BCUT2D eigenvalue weighted by atomic mass is 10.0. The first-order valence-electron chi connectivity index (χ1n) is 10.4. The fraction of sp³-hybridized carbons (Fsp3) is 0.455. The van der Waals surface area contributed by atoms with Crippen LogP contribution in [0.4, 0.5) is 10.7 Å². The molecule has 162 valence electrons. The van der Waals surface area contributed by atoms with Gasteiger partial charge in [0.15, 0.2) is 5.96 Å². The van der Waals surface area contributed by atoms with Crippen molar-refractivity contribution in [3.63, 3.8) is 0 Å². The van der Waals surface area contributed by atoms with Crippen LogP contribution in [0.2, 0.25) is 0 Å². The first-order chi connectivity index (χ1) is 14.2. The zero-order chi connectivity index (χ0) is 20.1. The summed E-state index contributed by atoms with van der Waals surface area (Å²) in [4.78, 5) is 21.5. The largest absolute Gasteiger partial charge is 0.363 e. The Bertz CT molecular complexity index is 849. The molecule has 2 aliphatic heterocycles. The van der Waals surface area contributed by atoms with Crippen LogP contribution in [0.3, 0.4) is 0 Å². The summed E-state index contributed by atoms with van der Waals surface area (Å²) in [7, 11) is 1.76. The minimum Gasteiger partial charge on any atom is -0.363 e. The zero-order valence-corrected chi connectivity index (χ0v) is 20.5. The van der Waals surface area contributed by atoms with E-state index in [0.717, 1.165) is 51.0 Å². The van der Waals surface area contributed by atoms with E-state index in [1.807, 2.05) is 23.1 Å². The topological polar surface area (TPSA) is 60.0 Å². The van der Waals surface area contributed by atoms with Gasteiger partial charge in [0.2, 0.25) is 5.91 Å². The van der Waals surface area contributed by atoms with Crippen LogP contribution in [0.15, 0.2) is 46.8 Å². The van der Waals surface area contributed by atoms with Gasteiger partial charge in [-0.15, -0.1) is 35.3 Å². The van der Waals surface area contributed by atoms with E-state index in [2.05, 4.69) is 44.1 Å². The second-order valence-corrected chi connectivity index (χ2v) is 8.49. The standard InChI is InChI=1S/C22H29N5OS.HI/c1-23-22(25-18-10-13-26(14-11-18)21-9-5-15-29-21)24-16-20(28)27-12-4-7-17-6-2-3-8-19(17)27;/h2-3,5-6,8-9,15,18H,4,7,10-14,16H2,1H3,(H2,23,24,25);1H. The summed E-state index contributed by atoms with van der Waals surface area (Å²) in [5.74, 6) is 0.797. The van der Waals surface area contributed by atoms with Crippen molar-refractivity contribution >= 4 is 57.9 Å². The average molecular weight is 539 g/mol. The molecule has 2 N–H and O–H groups in total. The molecular formula is C22H30IN5OS. The number of para-hydroxylation sites is 1. The number of aliphatic imine (C=N–C) groups is 1. The van der Waals surface area contributed by atoms with E-state index in [-0.39, 0.29) is 36.4 Å². The highest BCUT2D eigenvalue weighted by atomic mass is 127. The van der Waals surface area contributed by atoms with Gasteiger partial charge in [0, 0.05) is 38.4 Å². The summed E-state index contributed by atoms with van der Waals surface area (Å²) in [6.07, 6.45) is 4.18. The molecule has 8 heteroatoms. The fourth-order valence-electron chi connectivity index (χ4n) is 4.13. The number of thiophene rings is 1. The summed E-state index contributed by atoms with van der Waals surface area (Å²) >= 11 is 1.80. The van der Waals surface area contributed by atoms with Crippen molar-refractivity contribution in [2.24, 2.45) is 4.99 Å². The van der Waals surface area contributed by atoms with Gasteiger partial charge in [-0.3, -0.25) is 9.79 Å². The van der Waals surface area contributed by atoms with Gasteiger partial charge in [0.05, 0.1) is 11.5 Å². The first-order valence-corrected chi connectivity index (χ1v) is 11.3. The van der Waals surface area contributed by atoms with Gasteiger partial charge in [-0.05, 0) is 54.8 Å². The quantitative estimate of drug-likeness (QED) is 0.355. The minimum atomic E-state index is 0. The van der Waals surface area contributed by atoms with Crippen LogP contribution < -0.4 is 20.4 Å². The fourth-order valence-corrected chi connectivity index (χ4v) is 4.91. The van der Waals surface area contributed by atoms with Crippen molar-refractivity contribution in [2.75, 3.05) is 43.0 Å². The number of hydrogen-bond acceptors (Lipinski definition) is 4. The SMILES string of the molecule is CN=C(NCC(=O)N1CCCc2ccccc21)NC1CCN(c2cccs2)CC1.I. The van der Waals surface area contributed by atoms with Crippen LogP contribution in [0, 0.1) is 0 Å². The Balaban J connectivity index is 0.00000256. The lowest BCUT2D eigenvalue weighted by molar-refractivity contribution is -0.117. The van der Waals surface area contributed by atoms with E-state index in [1.54, 1.807) is 18.4 Å². The number of nitrogens with zero attached hydrogens (tertiary/aromatic N) is 3. The Morgan fingerprint density at radius 2 is 1.97 bits per heavy atom. The van der Waals surface area contributed by atoms with Crippen LogP contribution in [-0.4, -0.2) is 51.1 Å². The summed E-state index contributed by atoms with van der Waals surface area (Å²) in [5, 5.41) is 10.2. The highest BCUT2D eigenvalue weighted by Crippen LogP contribution is 2.27. The molecule has 0 unspecified atom stereocenters. The van der Waals surface area contributed by atoms with Gasteiger partial charge >= 0.3 is 0 Å². The predicted molar refractivity (Wildman–Crippen MR) is 137 cm³/mol. The third kappa shape index (κ3) is 5.46. The van der Waals surface area contributed by atoms with E-state index < -0.39 is 0 Å². The molecule has 0 spiro atoms. The number of rotatable bonds is 4. The van der Waals surface area contributed by atoms with Gasteiger partial charge in [-0.1, -0.05) is 18.2 Å². The van der Waals surface area contributed by atoms with Crippen LogP contribution in [0.25, 0.3) is 0 Å². The number of hydrogen-bond donors (Lipinski definition) is 2. The van der Waals surface area contributed by atoms with E-state index in [0.29, 0.717) is 12.0 Å². The van der Waals surface area contributed by atoms with E-state index in [1.165, 1.54) is 10.6 Å². The molecule has 1 amide bonds. The minimum absolute atomic E-state index is 0. The number of guanidine groups is 1. The summed E-state index contributed by atoms with van der Waals surface area (Å²) < 4.78 is 0. The summed E-state index contributed by atoms with van der Waals surface area (Å²) in [6.45, 7) is 3.12. The number of piperidine rings is 1. The van der Waals surface area contributed by atoms with Crippen molar-refractivity contribution in [3.05, 3.63) is 47.3 Å². The second-order valence-electron chi connectivity index (χ2n) is 7.56. The van der Waals surface area contributed by atoms with Gasteiger partial charge in [-0.25, -0.2) is 0 Å². The maximum absolute atomic E-state index is 12.8. The summed E-state index contributed by atoms with van der Waals surface area (Å²) in [6, 6.07) is 12.9. The van der Waals surface area contributed by atoms with Gasteiger partial charge in [0.1, 0.15) is 0 Å². The van der Waals surface area contributed by atoms with E-state index >= 15 is 0 Å². The Morgan fingerprint density at radius 3 is 2.70 bits per heavy atom. The van der Waals surface area contributed by atoms with Gasteiger partial charge in [0.25, 0.3) is 0 Å². The molecule has 4 rings (SSSR count). The first kappa shape index (κ1) is 22.9. The van der Waals surface area contributed by atoms with Gasteiger partial charge in [-0.2, -0.15) is 0 Å². The number of benzene rings is 1. The molecule has 1 aromatic heterocycles. The molecule has 2 aliphatic rings. The van der Waals surface area contributed by atoms with Crippen molar-refractivity contribution in [1.82, 2.24) is 10.6 Å². The van der Waals surface area contributed by atoms with Crippen molar-refractivity contribution in [2.45, 2.75) is 31.7 Å². The number of carbonyl (C=O) groups excluding carboxylic acids is 1. The smallest absolute Gasteiger partial charge is 0.246 e. The Morgan fingerprint density at radius 1 is 1.17 bits per heavy atom. The molecule has 2 aromatic rings. The maximum atomic E-state index is 12.8. The van der Waals surface area contributed by atoms with Crippen LogP contribution in [0.1, 0.15) is 24.8 Å². The maximum Gasteiger partial charge on any atom is 0.246 e. The number of halogens is 1. The van der Waals surface area contributed by atoms with Crippen molar-refractivity contribution < 1.29 is 4.79 Å². The summed E-state index contributed by atoms with van der Waals surface area (Å²) in [5.41, 5.74) is 2.31. The Kier molecular flexibility index (Phi) is 8.38. The predicted octanol–water partition coefficient (Wildman–Crippen LogP) is 3.48. The van der Waals surface area contributed by atoms with Crippen LogP contribution in [0.5, 0.6) is 0 Å². The second kappa shape index (κ2) is 11.0. The molecule has 0 saturated carbocycles. The number of nitrogens with one attached hydrogen (secondary N) is 2. The number of amides is 1. The third-order valence-electron chi connectivity index (χ3n) is 5.70. The molecular weight excluding hydrogens is 509 g/mol. The van der Waals surface area contributed by atoms with Crippen molar-refractivity contribution in [3.8, 4) is 0 Å². The number of carbonyl (C=O) groups is 1. The van der Waals surface area contributed by atoms with Gasteiger partial charge < -0.3 is 20.4 Å². The number of anilines is 2. The molecule has 1 aromatic carbocycles. The van der Waals surface area contributed by atoms with E-state index in [9.17, 15) is 4.79 Å². The number of aryl methyl sites for hydroxylation is 1. The van der Waals surface area contributed by atoms with Crippen LogP contribution >= 0.6 is 35.3 Å². The molecule has 30 heavy (non-hydrogen) atoms. The molecule has 0 aliphatic carbocycles. The third-order valence-corrected chi connectivity index (χ3v) is 6.62. The Hall–Kier alpha value is -1.81. The van der Waals surface area contributed by atoms with Crippen LogP contribution in [-0.2, 0) is 11.2 Å². The lowest BCUT2D eigenvalue weighted by Crippen LogP contribution is -2.51. The molecule has 1 saturated heterocycles. The molecule has 0 radical (unpaired) electrons. The molecule has 6 nitrogen and oxygen atoms in total. The molecule has 1 fully saturated rings. The Labute approximate surface area is 199 Å². The van der Waals surface area contributed by atoms with Crippen molar-refractivity contribution in [1.29, 1.82) is 0 Å². The van der Waals surface area contributed by atoms with E-state index in [4.69, 9.17) is 0 Å². The highest BCUT2D eigenvalue weighted by molar-refractivity contribution is 14.0. The molecule has 0 atom stereocenters. The normalized spacial score (nSPS) is 17.2. The monoisotopic (exact) mass is 539 g/mol. The zero-order valence-electron chi connectivity index (χ0n) is 17.3. The number of fused-ring (bicyclic) bond motifs is 1. The average Bonchev–Trinajstić information content (AvgIpc) is 3.31. The molecule has 0 bridgehead atoms. The lowest BCUT2D eigenvalue weighted by Gasteiger charge is -2.34. The molecule has 3 heterocycles.